The summed E-state index contributed by atoms with van der Waals surface area (Å²) in [5.41, 5.74) is 0.666. The highest BCUT2D eigenvalue weighted by molar-refractivity contribution is 6.46. The molecule has 1 atom stereocenters. The molecule has 1 saturated heterocycles. The first-order valence-corrected chi connectivity index (χ1v) is 5.97. The third-order valence-corrected chi connectivity index (χ3v) is 3.68. The van der Waals surface area contributed by atoms with Gasteiger partial charge >= 0.3 is 0 Å². The first-order valence-electron chi connectivity index (χ1n) is 5.97. The normalized spacial score (nSPS) is 27.1. The molecule has 1 spiro atoms. The molecule has 2 heterocycles. The fourth-order valence-corrected chi connectivity index (χ4v) is 2.52. The predicted molar refractivity (Wildman–Crippen MR) is 65.9 cm³/mol. The van der Waals surface area contributed by atoms with Crippen LogP contribution in [-0.2, 0) is 4.79 Å². The van der Waals surface area contributed by atoms with Crippen molar-refractivity contribution in [1.82, 2.24) is 10.2 Å². The molecule has 5 heteroatoms. The second-order valence-corrected chi connectivity index (χ2v) is 4.74. The van der Waals surface area contributed by atoms with Gasteiger partial charge in [-0.25, -0.2) is 9.38 Å². The number of aliphatic imine (C=N–C) groups is 1. The maximum absolute atomic E-state index is 12.9. The molecule has 2 aliphatic heterocycles. The lowest BCUT2D eigenvalue weighted by Gasteiger charge is -2.28. The molecule has 18 heavy (non-hydrogen) atoms. The minimum absolute atomic E-state index is 0.0923. The number of carbonyl (C=O) groups excluding carboxylic acids is 1. The Labute approximate surface area is 105 Å². The van der Waals surface area contributed by atoms with Crippen molar-refractivity contribution < 1.29 is 9.18 Å². The van der Waals surface area contributed by atoms with Crippen molar-refractivity contribution in [3.63, 3.8) is 0 Å². The Bertz CT molecular complexity index is 518. The Morgan fingerprint density at radius 1 is 1.39 bits per heavy atom. The van der Waals surface area contributed by atoms with E-state index in [0.29, 0.717) is 17.8 Å². The van der Waals surface area contributed by atoms with E-state index in [9.17, 15) is 9.18 Å². The Kier molecular flexibility index (Phi) is 2.45. The van der Waals surface area contributed by atoms with E-state index in [1.54, 1.807) is 24.1 Å². The van der Waals surface area contributed by atoms with Gasteiger partial charge in [-0.05, 0) is 30.8 Å². The number of benzene rings is 1. The summed E-state index contributed by atoms with van der Waals surface area (Å²) in [5.74, 6) is -0.402. The quantitative estimate of drug-likeness (QED) is 0.797. The van der Waals surface area contributed by atoms with E-state index in [2.05, 4.69) is 10.3 Å². The van der Waals surface area contributed by atoms with Crippen LogP contribution in [0.5, 0.6) is 0 Å². The highest BCUT2D eigenvalue weighted by atomic mass is 19.1. The summed E-state index contributed by atoms with van der Waals surface area (Å²) < 4.78 is 12.9. The summed E-state index contributed by atoms with van der Waals surface area (Å²) in [4.78, 5) is 18.5. The van der Waals surface area contributed by atoms with Gasteiger partial charge in [0.15, 0.2) is 0 Å². The van der Waals surface area contributed by atoms with Crippen LogP contribution in [0.2, 0.25) is 0 Å². The van der Waals surface area contributed by atoms with Crippen molar-refractivity contribution in [2.45, 2.75) is 12.1 Å². The van der Waals surface area contributed by atoms with Gasteiger partial charge in [-0.3, -0.25) is 4.79 Å². The molecule has 2 aliphatic rings. The van der Waals surface area contributed by atoms with Crippen molar-refractivity contribution in [3.05, 3.63) is 35.6 Å². The molecule has 0 saturated carbocycles. The zero-order valence-electron chi connectivity index (χ0n) is 10.1. The summed E-state index contributed by atoms with van der Waals surface area (Å²) in [7, 11) is 1.77. The second-order valence-electron chi connectivity index (χ2n) is 4.74. The molecular weight excluding hydrogens is 233 g/mol. The highest BCUT2D eigenvalue weighted by Gasteiger charge is 2.46. The Hall–Kier alpha value is -1.75. The third kappa shape index (κ3) is 1.54. The summed E-state index contributed by atoms with van der Waals surface area (Å²) >= 11 is 0. The number of carbonyl (C=O) groups is 1. The van der Waals surface area contributed by atoms with Crippen LogP contribution in [0.3, 0.4) is 0 Å². The van der Waals surface area contributed by atoms with Crippen LogP contribution in [0.15, 0.2) is 29.3 Å². The lowest BCUT2D eigenvalue weighted by Crippen LogP contribution is -2.45. The molecule has 0 radical (unpaired) electrons. The van der Waals surface area contributed by atoms with Crippen LogP contribution >= 0.6 is 0 Å². The van der Waals surface area contributed by atoms with Crippen molar-refractivity contribution >= 4 is 11.6 Å². The number of nitrogens with one attached hydrogen (secondary N) is 1. The average molecular weight is 247 g/mol. The minimum atomic E-state index is -0.444. The zero-order valence-corrected chi connectivity index (χ0v) is 10.1. The lowest BCUT2D eigenvalue weighted by molar-refractivity contribution is -0.125. The molecule has 3 rings (SSSR count). The summed E-state index contributed by atoms with van der Waals surface area (Å²) in [6.07, 6.45) is 0.819. The van der Waals surface area contributed by atoms with E-state index in [-0.39, 0.29) is 11.7 Å². The van der Waals surface area contributed by atoms with E-state index in [1.165, 1.54) is 12.1 Å². The molecule has 1 N–H and O–H groups in total. The number of halogens is 1. The van der Waals surface area contributed by atoms with E-state index in [0.717, 1.165) is 13.0 Å². The molecule has 4 nitrogen and oxygen atoms in total. The van der Waals surface area contributed by atoms with E-state index in [1.807, 2.05) is 0 Å². The van der Waals surface area contributed by atoms with Crippen molar-refractivity contribution in [1.29, 1.82) is 0 Å². The van der Waals surface area contributed by atoms with Gasteiger partial charge < -0.3 is 10.2 Å². The SMILES string of the molecule is CN1C(=O)C(c2ccc(F)cc2)=NC12CCNC2. The van der Waals surface area contributed by atoms with Gasteiger partial charge in [-0.15, -0.1) is 0 Å². The minimum Gasteiger partial charge on any atom is -0.314 e. The number of amides is 1. The zero-order chi connectivity index (χ0) is 12.8. The number of hydrogen-bond acceptors (Lipinski definition) is 3. The van der Waals surface area contributed by atoms with Gasteiger partial charge in [-0.2, -0.15) is 0 Å². The Balaban J connectivity index is 2.01. The van der Waals surface area contributed by atoms with Crippen LogP contribution in [0.25, 0.3) is 0 Å². The van der Waals surface area contributed by atoms with Crippen molar-refractivity contribution in [3.8, 4) is 0 Å². The summed E-state index contributed by atoms with van der Waals surface area (Å²) in [6.45, 7) is 1.54. The average Bonchev–Trinajstić information content (AvgIpc) is 2.93. The van der Waals surface area contributed by atoms with E-state index < -0.39 is 5.66 Å². The molecule has 94 valence electrons. The number of likely N-dealkylation sites (N-methyl/N-ethyl adjacent to an activating group) is 1. The van der Waals surface area contributed by atoms with Crippen molar-refractivity contribution in [2.75, 3.05) is 20.1 Å². The van der Waals surface area contributed by atoms with Gasteiger partial charge in [-0.1, -0.05) is 0 Å². The highest BCUT2D eigenvalue weighted by Crippen LogP contribution is 2.30. The van der Waals surface area contributed by atoms with Crippen LogP contribution in [0.4, 0.5) is 4.39 Å². The molecule has 0 aliphatic carbocycles. The van der Waals surface area contributed by atoms with Gasteiger partial charge in [0, 0.05) is 25.6 Å². The lowest BCUT2D eigenvalue weighted by atomic mass is 10.1. The van der Waals surface area contributed by atoms with Gasteiger partial charge in [0.1, 0.15) is 17.2 Å². The maximum atomic E-state index is 12.9. The third-order valence-electron chi connectivity index (χ3n) is 3.68. The smallest absolute Gasteiger partial charge is 0.274 e. The molecule has 1 amide bonds. The fourth-order valence-electron chi connectivity index (χ4n) is 2.52. The number of nitrogens with zero attached hydrogens (tertiary/aromatic N) is 2. The standard InChI is InChI=1S/C13H14FN3O/c1-17-12(18)11(9-2-4-10(14)5-3-9)16-13(17)6-7-15-8-13/h2-5,15H,6-8H2,1H3. The largest absolute Gasteiger partial charge is 0.314 e. The second kappa shape index (κ2) is 3.88. The maximum Gasteiger partial charge on any atom is 0.274 e. The van der Waals surface area contributed by atoms with Crippen LogP contribution < -0.4 is 5.32 Å². The molecule has 0 aromatic heterocycles. The number of rotatable bonds is 1. The summed E-state index contributed by atoms with van der Waals surface area (Å²) in [6, 6.07) is 5.90. The molecule has 0 bridgehead atoms. The van der Waals surface area contributed by atoms with Crippen molar-refractivity contribution in [2.24, 2.45) is 4.99 Å². The fraction of sp³-hybridized carbons (Fsp3) is 0.385. The monoisotopic (exact) mass is 247 g/mol. The molecule has 1 fully saturated rings. The molecule has 1 aromatic carbocycles. The van der Waals surface area contributed by atoms with Crippen LogP contribution in [0, 0.1) is 5.82 Å². The molecule has 1 unspecified atom stereocenters. The first kappa shape index (κ1) is 11.3. The van der Waals surface area contributed by atoms with Crippen LogP contribution in [-0.4, -0.2) is 42.3 Å². The Morgan fingerprint density at radius 3 is 2.72 bits per heavy atom. The first-order chi connectivity index (χ1) is 8.62. The predicted octanol–water partition coefficient (Wildman–Crippen LogP) is 0.776. The number of hydrogen-bond donors (Lipinski definition) is 1. The van der Waals surface area contributed by atoms with Gasteiger partial charge in [0.25, 0.3) is 5.91 Å². The van der Waals surface area contributed by atoms with Crippen LogP contribution in [0.1, 0.15) is 12.0 Å². The van der Waals surface area contributed by atoms with Gasteiger partial charge in [0.2, 0.25) is 0 Å². The summed E-state index contributed by atoms with van der Waals surface area (Å²) in [5, 5.41) is 3.23. The van der Waals surface area contributed by atoms with Gasteiger partial charge in [0.05, 0.1) is 0 Å². The van der Waals surface area contributed by atoms with E-state index in [4.69, 9.17) is 0 Å². The Morgan fingerprint density at radius 2 is 2.11 bits per heavy atom. The topological polar surface area (TPSA) is 44.7 Å². The molecule has 1 aromatic rings. The van der Waals surface area contributed by atoms with E-state index >= 15 is 0 Å². The molecular formula is C13H14FN3O.